The van der Waals surface area contributed by atoms with Crippen molar-refractivity contribution < 1.29 is 49.6 Å². The zero-order valence-corrected chi connectivity index (χ0v) is 27.8. The third-order valence-corrected chi connectivity index (χ3v) is 15.9. The molecule has 45 heavy (non-hydrogen) atoms. The summed E-state index contributed by atoms with van der Waals surface area (Å²) in [5.74, 6) is -0.802. The minimum Gasteiger partial charge on any atom is -0.396 e. The van der Waals surface area contributed by atoms with Gasteiger partial charge in [-0.25, -0.2) is 0 Å². The maximum Gasteiger partial charge on any atom is 0.199 e. The van der Waals surface area contributed by atoms with Crippen LogP contribution in [-0.2, 0) is 18.9 Å². The van der Waals surface area contributed by atoms with Crippen molar-refractivity contribution in [1.29, 1.82) is 0 Å². The van der Waals surface area contributed by atoms with Gasteiger partial charge in [0, 0.05) is 17.9 Å². The van der Waals surface area contributed by atoms with Crippen molar-refractivity contribution in [3.05, 3.63) is 0 Å². The number of ether oxygens (including phenoxy) is 4. The Morgan fingerprint density at radius 3 is 2.24 bits per heavy atom. The molecule has 3 saturated heterocycles. The van der Waals surface area contributed by atoms with Crippen molar-refractivity contribution in [2.45, 2.75) is 153 Å². The van der Waals surface area contributed by atoms with E-state index in [1.54, 1.807) is 13.8 Å². The standard InChI is InChI=1S/C35H56O10/c1-29(2)20-7-8-21-32(6)28(40)35-25(17(14-36)13-19(44-35)26(45-35)30(3,4)41)31(32,5)11-12-34(21)16-33(20,34)10-9-22(29)43-27-24(39)23(38)18(37)15-42-27/h17-28,36-41H,7-16H2,1-6H3/t17-,18+,19-,20-,21-,22-,23-,24+,25+,26-,27-,28+,31+,32+,33+,34-,35-/m0/s1. The highest BCUT2D eigenvalue weighted by Crippen LogP contribution is 2.90. The molecular weight excluding hydrogens is 580 g/mol. The van der Waals surface area contributed by atoms with Crippen LogP contribution in [0.1, 0.15) is 92.9 Å². The molecule has 3 spiro atoms. The van der Waals surface area contributed by atoms with E-state index in [0.29, 0.717) is 12.3 Å². The van der Waals surface area contributed by atoms with Crippen LogP contribution in [0.2, 0.25) is 0 Å². The highest BCUT2D eigenvalue weighted by Gasteiger charge is 2.88. The van der Waals surface area contributed by atoms with Crippen LogP contribution < -0.4 is 0 Å². The Morgan fingerprint density at radius 2 is 1.56 bits per heavy atom. The van der Waals surface area contributed by atoms with E-state index in [1.165, 1.54) is 0 Å². The van der Waals surface area contributed by atoms with Crippen LogP contribution in [-0.4, -0.2) is 104 Å². The minimum atomic E-state index is -1.30. The van der Waals surface area contributed by atoms with Gasteiger partial charge in [-0.3, -0.25) is 0 Å². The van der Waals surface area contributed by atoms with E-state index in [2.05, 4.69) is 27.7 Å². The topological polar surface area (TPSA) is 158 Å². The van der Waals surface area contributed by atoms with Crippen molar-refractivity contribution in [2.75, 3.05) is 13.2 Å². The first-order chi connectivity index (χ1) is 20.9. The zero-order chi connectivity index (χ0) is 32.3. The highest BCUT2D eigenvalue weighted by atomic mass is 16.8. The Morgan fingerprint density at radius 1 is 0.867 bits per heavy atom. The number of hydrogen-bond acceptors (Lipinski definition) is 10. The summed E-state index contributed by atoms with van der Waals surface area (Å²) < 4.78 is 25.7. The zero-order valence-electron chi connectivity index (χ0n) is 27.8. The molecule has 0 aromatic heterocycles. The Labute approximate surface area is 266 Å². The molecular formula is C35H56O10. The van der Waals surface area contributed by atoms with E-state index in [0.717, 1.165) is 44.9 Å². The molecule has 0 radical (unpaired) electrons. The summed E-state index contributed by atoms with van der Waals surface area (Å²) in [4.78, 5) is 0. The summed E-state index contributed by atoms with van der Waals surface area (Å²) in [5.41, 5.74) is -1.89. The van der Waals surface area contributed by atoms with Crippen LogP contribution in [0.3, 0.4) is 0 Å². The van der Waals surface area contributed by atoms with Gasteiger partial charge in [0.15, 0.2) is 12.1 Å². The van der Waals surface area contributed by atoms with Gasteiger partial charge in [0.25, 0.3) is 0 Å². The Kier molecular flexibility index (Phi) is 6.67. The van der Waals surface area contributed by atoms with E-state index in [9.17, 15) is 30.6 Å². The van der Waals surface area contributed by atoms with Crippen molar-refractivity contribution >= 4 is 0 Å². The second-order valence-electron chi connectivity index (χ2n) is 18.2. The summed E-state index contributed by atoms with van der Waals surface area (Å²) in [6, 6.07) is 0. The first-order valence-corrected chi connectivity index (χ1v) is 17.6. The molecule has 5 saturated carbocycles. The number of aliphatic hydroxyl groups is 6. The largest absolute Gasteiger partial charge is 0.396 e. The lowest BCUT2D eigenvalue weighted by atomic mass is 9.41. The molecule has 0 aromatic carbocycles. The van der Waals surface area contributed by atoms with Crippen molar-refractivity contribution in [3.63, 3.8) is 0 Å². The summed E-state index contributed by atoms with van der Waals surface area (Å²) in [5, 5.41) is 65.3. The summed E-state index contributed by atoms with van der Waals surface area (Å²) >= 11 is 0. The maximum absolute atomic E-state index is 12.7. The molecule has 3 heterocycles. The normalized spacial score (nSPS) is 61.1. The van der Waals surface area contributed by atoms with Crippen LogP contribution in [0.4, 0.5) is 0 Å². The molecule has 5 aliphatic carbocycles. The molecule has 8 aliphatic rings. The molecule has 0 amide bonds. The second-order valence-corrected chi connectivity index (χ2v) is 18.2. The van der Waals surface area contributed by atoms with Crippen LogP contribution in [0.25, 0.3) is 0 Å². The van der Waals surface area contributed by atoms with Gasteiger partial charge in [-0.15, -0.1) is 0 Å². The van der Waals surface area contributed by atoms with Crippen molar-refractivity contribution in [1.82, 2.24) is 0 Å². The molecule has 0 aromatic rings. The molecule has 10 heteroatoms. The van der Waals surface area contributed by atoms with Crippen molar-refractivity contribution in [3.8, 4) is 0 Å². The predicted octanol–water partition coefficient (Wildman–Crippen LogP) is 2.09. The number of fused-ring (bicyclic) bond motifs is 4. The van der Waals surface area contributed by atoms with Crippen LogP contribution in [0.15, 0.2) is 0 Å². The molecule has 8 rings (SSSR count). The summed E-state index contributed by atoms with van der Waals surface area (Å²) in [6.07, 6.45) is 0.888. The fourth-order valence-corrected chi connectivity index (χ4v) is 13.9. The lowest BCUT2D eigenvalue weighted by Crippen LogP contribution is -2.61. The molecule has 10 nitrogen and oxygen atoms in total. The van der Waals surface area contributed by atoms with Gasteiger partial charge in [0.2, 0.25) is 0 Å². The monoisotopic (exact) mass is 636 g/mol. The van der Waals surface area contributed by atoms with E-state index < -0.39 is 53.6 Å². The third kappa shape index (κ3) is 3.61. The van der Waals surface area contributed by atoms with Gasteiger partial charge < -0.3 is 49.6 Å². The maximum atomic E-state index is 12.7. The second kappa shape index (κ2) is 9.43. The fourth-order valence-electron chi connectivity index (χ4n) is 13.9. The smallest absolute Gasteiger partial charge is 0.199 e. The number of hydrogen-bond donors (Lipinski definition) is 6. The Hall–Kier alpha value is -0.400. The van der Waals surface area contributed by atoms with E-state index in [4.69, 9.17) is 18.9 Å². The predicted molar refractivity (Wildman–Crippen MR) is 160 cm³/mol. The minimum absolute atomic E-state index is 0.0133. The van der Waals surface area contributed by atoms with Gasteiger partial charge in [-0.2, -0.15) is 0 Å². The summed E-state index contributed by atoms with van der Waals surface area (Å²) in [7, 11) is 0. The van der Waals surface area contributed by atoms with Gasteiger partial charge in [-0.05, 0) is 105 Å². The van der Waals surface area contributed by atoms with Gasteiger partial charge >= 0.3 is 0 Å². The quantitative estimate of drug-likeness (QED) is 0.253. The molecule has 0 unspecified atom stereocenters. The third-order valence-electron chi connectivity index (χ3n) is 15.9. The molecule has 2 bridgehead atoms. The highest BCUT2D eigenvalue weighted by molar-refractivity contribution is 5.34. The van der Waals surface area contributed by atoms with E-state index in [-0.39, 0.29) is 64.8 Å². The lowest BCUT2D eigenvalue weighted by molar-refractivity contribution is -0.303. The lowest BCUT2D eigenvalue weighted by Gasteiger charge is -2.63. The first kappa shape index (κ1) is 31.8. The van der Waals surface area contributed by atoms with Crippen molar-refractivity contribution in [2.24, 2.45) is 50.7 Å². The first-order valence-electron chi connectivity index (χ1n) is 17.6. The SMILES string of the molecule is CC(C)(O)[C@H]1O[C@@]23O[C@H]1C[C@@H](CO)[C@@H]2[C@@]1(C)CC[C@@]24C[C@@]25CC[C@H](O[C@@H]2OC[C@@H](O)[C@H](O)[C@H]2O)C(C)(C)[C@@H]5CC[C@H]4[C@]1(C)[C@H]3O. The van der Waals surface area contributed by atoms with Crippen LogP contribution >= 0.6 is 0 Å². The van der Waals surface area contributed by atoms with E-state index >= 15 is 0 Å². The average molecular weight is 637 g/mol. The molecule has 17 atom stereocenters. The number of aliphatic hydroxyl groups excluding tert-OH is 5. The van der Waals surface area contributed by atoms with Crippen LogP contribution in [0.5, 0.6) is 0 Å². The molecule has 3 aliphatic heterocycles. The Balaban J connectivity index is 1.11. The molecule has 8 fully saturated rings. The van der Waals surface area contributed by atoms with Gasteiger partial charge in [-0.1, -0.05) is 27.7 Å². The summed E-state index contributed by atoms with van der Waals surface area (Å²) in [6.45, 7) is 12.6. The van der Waals surface area contributed by atoms with Crippen LogP contribution in [0, 0.1) is 50.7 Å². The number of rotatable bonds is 4. The van der Waals surface area contributed by atoms with E-state index in [1.807, 2.05) is 0 Å². The average Bonchev–Trinajstić information content (AvgIpc) is 3.50. The van der Waals surface area contributed by atoms with Gasteiger partial charge in [0.1, 0.15) is 30.5 Å². The molecule has 256 valence electrons. The van der Waals surface area contributed by atoms with Gasteiger partial charge in [0.05, 0.1) is 24.4 Å². The Bertz CT molecular complexity index is 1220. The molecule has 6 N–H and O–H groups in total. The fraction of sp³-hybridized carbons (Fsp3) is 1.00.